The lowest BCUT2D eigenvalue weighted by Gasteiger charge is -2.38. The van der Waals surface area contributed by atoms with Gasteiger partial charge in [0.1, 0.15) is 0 Å². The highest BCUT2D eigenvalue weighted by atomic mass is 79.9. The smallest absolute Gasteiger partial charge is 0.0782 e. The van der Waals surface area contributed by atoms with Gasteiger partial charge in [0.15, 0.2) is 0 Å². The zero-order valence-electron chi connectivity index (χ0n) is 11.6. The first kappa shape index (κ1) is 14.8. The number of ether oxygens (including phenoxy) is 2. The summed E-state index contributed by atoms with van der Waals surface area (Å²) in [6.45, 7) is 0. The van der Waals surface area contributed by atoms with Gasteiger partial charge in [-0.05, 0) is 38.5 Å². The zero-order valence-corrected chi connectivity index (χ0v) is 13.2. The van der Waals surface area contributed by atoms with Crippen molar-refractivity contribution in [2.24, 2.45) is 0 Å². The number of rotatable bonds is 4. The molecule has 2 saturated carbocycles. The van der Waals surface area contributed by atoms with E-state index in [2.05, 4.69) is 15.9 Å². The van der Waals surface area contributed by atoms with Crippen LogP contribution in [-0.4, -0.2) is 30.2 Å². The van der Waals surface area contributed by atoms with Crippen LogP contribution >= 0.6 is 15.9 Å². The minimum absolute atomic E-state index is 0.108. The Balaban J connectivity index is 1.91. The van der Waals surface area contributed by atoms with Crippen LogP contribution < -0.4 is 0 Å². The summed E-state index contributed by atoms with van der Waals surface area (Å²) in [5.74, 6) is 0. The molecule has 3 heteroatoms. The molecule has 2 aliphatic carbocycles. The third kappa shape index (κ3) is 3.94. The first-order valence-corrected chi connectivity index (χ1v) is 8.67. The van der Waals surface area contributed by atoms with Crippen LogP contribution in [0.5, 0.6) is 0 Å². The first-order valence-electron chi connectivity index (χ1n) is 7.54. The van der Waals surface area contributed by atoms with Gasteiger partial charge >= 0.3 is 0 Å². The Bertz CT molecular complexity index is 237. The van der Waals surface area contributed by atoms with Crippen LogP contribution in [0.1, 0.15) is 64.2 Å². The quantitative estimate of drug-likeness (QED) is 0.563. The maximum absolute atomic E-state index is 6.55. The largest absolute Gasteiger partial charge is 0.381 e. The molecule has 0 spiro atoms. The fourth-order valence-corrected chi connectivity index (χ4v) is 4.13. The van der Waals surface area contributed by atoms with Crippen molar-refractivity contribution in [1.82, 2.24) is 0 Å². The minimum atomic E-state index is 0.108. The van der Waals surface area contributed by atoms with Gasteiger partial charge in [-0.3, -0.25) is 0 Å². The Morgan fingerprint density at radius 2 is 1.67 bits per heavy atom. The lowest BCUT2D eigenvalue weighted by Crippen LogP contribution is -2.40. The van der Waals surface area contributed by atoms with E-state index >= 15 is 0 Å². The van der Waals surface area contributed by atoms with Crippen molar-refractivity contribution in [1.29, 1.82) is 0 Å². The van der Waals surface area contributed by atoms with Crippen LogP contribution in [0.3, 0.4) is 0 Å². The standard InChI is InChI=1S/C15H27BrO2/c1-17-13-7-6-8-14(11-13)18-15(12-16)9-4-2-3-5-10-15/h13-14H,2-12H2,1H3. The van der Waals surface area contributed by atoms with Crippen molar-refractivity contribution in [2.75, 3.05) is 12.4 Å². The monoisotopic (exact) mass is 318 g/mol. The van der Waals surface area contributed by atoms with E-state index in [9.17, 15) is 0 Å². The Kier molecular flexibility index (Phi) is 5.96. The van der Waals surface area contributed by atoms with Gasteiger partial charge in [0, 0.05) is 12.4 Å². The number of hydrogen-bond acceptors (Lipinski definition) is 2. The molecule has 0 amide bonds. The molecule has 18 heavy (non-hydrogen) atoms. The summed E-state index contributed by atoms with van der Waals surface area (Å²) in [7, 11) is 1.83. The Hall–Kier alpha value is 0.400. The highest BCUT2D eigenvalue weighted by Crippen LogP contribution is 2.36. The van der Waals surface area contributed by atoms with Crippen LogP contribution in [0.4, 0.5) is 0 Å². The van der Waals surface area contributed by atoms with E-state index < -0.39 is 0 Å². The minimum Gasteiger partial charge on any atom is -0.381 e. The molecule has 0 aromatic rings. The molecule has 0 bridgehead atoms. The average molecular weight is 319 g/mol. The zero-order chi connectivity index (χ0) is 12.8. The Morgan fingerprint density at radius 1 is 1.00 bits per heavy atom. The van der Waals surface area contributed by atoms with Crippen molar-refractivity contribution < 1.29 is 9.47 Å². The van der Waals surface area contributed by atoms with Crippen molar-refractivity contribution in [3.63, 3.8) is 0 Å². The van der Waals surface area contributed by atoms with E-state index in [1.165, 1.54) is 57.8 Å². The van der Waals surface area contributed by atoms with Gasteiger partial charge in [-0.15, -0.1) is 0 Å². The Morgan fingerprint density at radius 3 is 2.28 bits per heavy atom. The lowest BCUT2D eigenvalue weighted by atomic mass is 9.92. The maximum atomic E-state index is 6.55. The molecule has 0 heterocycles. The second-order valence-electron chi connectivity index (χ2n) is 6.00. The van der Waals surface area contributed by atoms with Gasteiger partial charge in [-0.25, -0.2) is 0 Å². The molecule has 2 aliphatic rings. The molecule has 106 valence electrons. The predicted octanol–water partition coefficient (Wildman–Crippen LogP) is 4.45. The van der Waals surface area contributed by atoms with Crippen molar-refractivity contribution >= 4 is 15.9 Å². The average Bonchev–Trinajstić information content (AvgIpc) is 2.65. The molecule has 0 aromatic heterocycles. The number of halogens is 1. The third-order valence-corrected chi connectivity index (χ3v) is 5.61. The second-order valence-corrected chi connectivity index (χ2v) is 6.56. The topological polar surface area (TPSA) is 18.5 Å². The van der Waals surface area contributed by atoms with E-state index in [1.807, 2.05) is 7.11 Å². The molecule has 0 aliphatic heterocycles. The van der Waals surface area contributed by atoms with Crippen LogP contribution in [0.15, 0.2) is 0 Å². The predicted molar refractivity (Wildman–Crippen MR) is 78.4 cm³/mol. The van der Waals surface area contributed by atoms with Gasteiger partial charge < -0.3 is 9.47 Å². The van der Waals surface area contributed by atoms with Crippen LogP contribution in [0, 0.1) is 0 Å². The first-order chi connectivity index (χ1) is 8.78. The fourth-order valence-electron chi connectivity index (χ4n) is 3.43. The molecule has 2 atom stereocenters. The summed E-state index contributed by atoms with van der Waals surface area (Å²) in [5.41, 5.74) is 0.108. The number of hydrogen-bond donors (Lipinski definition) is 0. The fraction of sp³-hybridized carbons (Fsp3) is 1.00. The summed E-state index contributed by atoms with van der Waals surface area (Å²) >= 11 is 3.71. The van der Waals surface area contributed by atoms with E-state index in [-0.39, 0.29) is 5.60 Å². The highest BCUT2D eigenvalue weighted by Gasteiger charge is 2.35. The molecular formula is C15H27BrO2. The summed E-state index contributed by atoms with van der Waals surface area (Å²) in [4.78, 5) is 0. The van der Waals surface area contributed by atoms with E-state index in [1.54, 1.807) is 0 Å². The second kappa shape index (κ2) is 7.25. The number of alkyl halides is 1. The molecular weight excluding hydrogens is 292 g/mol. The highest BCUT2D eigenvalue weighted by molar-refractivity contribution is 9.09. The molecule has 2 fully saturated rings. The van der Waals surface area contributed by atoms with Crippen molar-refractivity contribution in [2.45, 2.75) is 82.0 Å². The molecule has 0 radical (unpaired) electrons. The molecule has 2 rings (SSSR count). The summed E-state index contributed by atoms with van der Waals surface area (Å²) < 4.78 is 12.1. The van der Waals surface area contributed by atoms with Gasteiger partial charge in [-0.1, -0.05) is 41.6 Å². The van der Waals surface area contributed by atoms with Crippen molar-refractivity contribution in [3.8, 4) is 0 Å². The van der Waals surface area contributed by atoms with Gasteiger partial charge in [-0.2, -0.15) is 0 Å². The third-order valence-electron chi connectivity index (χ3n) is 4.59. The van der Waals surface area contributed by atoms with Crippen LogP contribution in [0.25, 0.3) is 0 Å². The lowest BCUT2D eigenvalue weighted by molar-refractivity contribution is -0.117. The van der Waals surface area contributed by atoms with E-state index in [0.29, 0.717) is 12.2 Å². The molecule has 2 unspecified atom stereocenters. The maximum Gasteiger partial charge on any atom is 0.0782 e. The van der Waals surface area contributed by atoms with E-state index in [4.69, 9.17) is 9.47 Å². The SMILES string of the molecule is COC1CCCC(OC2(CBr)CCCCCC2)C1. The molecule has 0 saturated heterocycles. The Labute approximate surface area is 120 Å². The molecule has 0 N–H and O–H groups in total. The summed E-state index contributed by atoms with van der Waals surface area (Å²) in [6.07, 6.45) is 13.5. The van der Waals surface area contributed by atoms with Crippen LogP contribution in [-0.2, 0) is 9.47 Å². The van der Waals surface area contributed by atoms with Gasteiger partial charge in [0.25, 0.3) is 0 Å². The molecule has 0 aromatic carbocycles. The summed E-state index contributed by atoms with van der Waals surface area (Å²) in [6, 6.07) is 0. The van der Waals surface area contributed by atoms with Crippen LogP contribution in [0.2, 0.25) is 0 Å². The number of methoxy groups -OCH3 is 1. The molecule has 2 nitrogen and oxygen atoms in total. The van der Waals surface area contributed by atoms with E-state index in [0.717, 1.165) is 11.8 Å². The summed E-state index contributed by atoms with van der Waals surface area (Å²) in [5, 5.41) is 0.994. The van der Waals surface area contributed by atoms with Gasteiger partial charge in [0.05, 0.1) is 17.8 Å². The normalized spacial score (nSPS) is 33.0. The van der Waals surface area contributed by atoms with Crippen molar-refractivity contribution in [3.05, 3.63) is 0 Å². The van der Waals surface area contributed by atoms with Gasteiger partial charge in [0.2, 0.25) is 0 Å².